The molecule has 1 aliphatic heterocycles. The number of hydrogen-bond donors (Lipinski definition) is 1. The van der Waals surface area contributed by atoms with Gasteiger partial charge < -0.3 is 14.6 Å². The van der Waals surface area contributed by atoms with Crippen LogP contribution in [0.2, 0.25) is 10.0 Å². The first kappa shape index (κ1) is 19.5. The van der Waals surface area contributed by atoms with E-state index in [-0.39, 0.29) is 11.8 Å². The minimum absolute atomic E-state index is 0.0282. The summed E-state index contributed by atoms with van der Waals surface area (Å²) in [6, 6.07) is 8.39. The molecule has 2 aromatic rings. The van der Waals surface area contributed by atoms with Gasteiger partial charge in [0.1, 0.15) is 5.76 Å². The van der Waals surface area contributed by atoms with Gasteiger partial charge in [0.15, 0.2) is 0 Å². The van der Waals surface area contributed by atoms with Gasteiger partial charge in [-0.05, 0) is 55.2 Å². The molecule has 3 rings (SSSR count). The molecule has 2 amide bonds. The maximum atomic E-state index is 12.3. The van der Waals surface area contributed by atoms with Crippen molar-refractivity contribution < 1.29 is 14.0 Å². The SMILES string of the molecule is O=C(NCC1CCN(C(=O)/C=C/c2ccco2)CC1)c1cc(Cl)ccc1Cl. The smallest absolute Gasteiger partial charge is 0.252 e. The Bertz CT molecular complexity index is 826. The summed E-state index contributed by atoms with van der Waals surface area (Å²) < 4.78 is 5.18. The van der Waals surface area contributed by atoms with E-state index in [0.717, 1.165) is 12.8 Å². The number of likely N-dealkylation sites (tertiary alicyclic amines) is 1. The van der Waals surface area contributed by atoms with Crippen molar-refractivity contribution in [2.24, 2.45) is 5.92 Å². The normalized spacial score (nSPS) is 15.3. The van der Waals surface area contributed by atoms with E-state index >= 15 is 0 Å². The Morgan fingerprint density at radius 1 is 1.22 bits per heavy atom. The zero-order chi connectivity index (χ0) is 19.2. The first-order valence-electron chi connectivity index (χ1n) is 8.76. The minimum atomic E-state index is -0.234. The van der Waals surface area contributed by atoms with E-state index in [2.05, 4.69) is 5.32 Å². The number of piperidine rings is 1. The molecule has 142 valence electrons. The van der Waals surface area contributed by atoms with Gasteiger partial charge in [-0.3, -0.25) is 9.59 Å². The maximum absolute atomic E-state index is 12.3. The van der Waals surface area contributed by atoms with Crippen LogP contribution in [-0.4, -0.2) is 36.3 Å². The number of rotatable bonds is 5. The lowest BCUT2D eigenvalue weighted by molar-refractivity contribution is -0.127. The van der Waals surface area contributed by atoms with Crippen LogP contribution in [0, 0.1) is 5.92 Å². The molecular formula is C20H20Cl2N2O3. The number of furan rings is 1. The summed E-state index contributed by atoms with van der Waals surface area (Å²) in [5.74, 6) is 0.715. The van der Waals surface area contributed by atoms with Gasteiger partial charge in [-0.15, -0.1) is 0 Å². The van der Waals surface area contributed by atoms with E-state index in [1.807, 2.05) is 4.90 Å². The molecule has 0 saturated carbocycles. The highest BCUT2D eigenvalue weighted by atomic mass is 35.5. The van der Waals surface area contributed by atoms with Crippen molar-refractivity contribution in [2.45, 2.75) is 12.8 Å². The van der Waals surface area contributed by atoms with Crippen molar-refractivity contribution in [3.05, 3.63) is 64.0 Å². The average Bonchev–Trinajstić information content (AvgIpc) is 3.20. The van der Waals surface area contributed by atoms with Crippen LogP contribution >= 0.6 is 23.2 Å². The maximum Gasteiger partial charge on any atom is 0.252 e. The van der Waals surface area contributed by atoms with Crippen molar-refractivity contribution >= 4 is 41.1 Å². The topological polar surface area (TPSA) is 62.6 Å². The zero-order valence-corrected chi connectivity index (χ0v) is 16.2. The molecule has 0 spiro atoms. The Balaban J connectivity index is 1.45. The molecule has 1 aliphatic rings. The summed E-state index contributed by atoms with van der Waals surface area (Å²) in [7, 11) is 0. The van der Waals surface area contributed by atoms with Crippen molar-refractivity contribution in [3.8, 4) is 0 Å². The Kier molecular flexibility index (Phi) is 6.58. The molecule has 0 unspecified atom stereocenters. The first-order chi connectivity index (χ1) is 13.0. The highest BCUT2D eigenvalue weighted by Gasteiger charge is 2.22. The predicted octanol–water partition coefficient (Wildman–Crippen LogP) is 4.27. The van der Waals surface area contributed by atoms with Gasteiger partial charge in [0.25, 0.3) is 5.91 Å². The highest BCUT2D eigenvalue weighted by molar-refractivity contribution is 6.35. The fourth-order valence-corrected chi connectivity index (χ4v) is 3.38. The summed E-state index contributed by atoms with van der Waals surface area (Å²) in [6.07, 6.45) is 6.44. The Morgan fingerprint density at radius 3 is 2.70 bits per heavy atom. The summed E-state index contributed by atoms with van der Waals surface area (Å²) in [5, 5.41) is 3.76. The van der Waals surface area contributed by atoms with Gasteiger partial charge in [0, 0.05) is 30.7 Å². The molecule has 27 heavy (non-hydrogen) atoms. The summed E-state index contributed by atoms with van der Waals surface area (Å²) >= 11 is 12.0. The van der Waals surface area contributed by atoms with Gasteiger partial charge >= 0.3 is 0 Å². The van der Waals surface area contributed by atoms with E-state index in [1.54, 1.807) is 42.7 Å². The number of benzene rings is 1. The molecule has 1 aromatic carbocycles. The second kappa shape index (κ2) is 9.11. The van der Waals surface area contributed by atoms with Gasteiger partial charge in [-0.2, -0.15) is 0 Å². The molecule has 1 fully saturated rings. The first-order valence-corrected chi connectivity index (χ1v) is 9.52. The lowest BCUT2D eigenvalue weighted by atomic mass is 9.96. The van der Waals surface area contributed by atoms with Crippen LogP contribution in [0.3, 0.4) is 0 Å². The molecule has 0 atom stereocenters. The molecule has 1 aromatic heterocycles. The van der Waals surface area contributed by atoms with Crippen molar-refractivity contribution in [2.75, 3.05) is 19.6 Å². The lowest BCUT2D eigenvalue weighted by Gasteiger charge is -2.31. The monoisotopic (exact) mass is 406 g/mol. The Labute approximate surface area is 167 Å². The van der Waals surface area contributed by atoms with Gasteiger partial charge in [0.05, 0.1) is 16.8 Å². The average molecular weight is 407 g/mol. The number of amides is 2. The van der Waals surface area contributed by atoms with E-state index in [4.69, 9.17) is 27.6 Å². The predicted molar refractivity (Wildman–Crippen MR) is 106 cm³/mol. The third kappa shape index (κ3) is 5.37. The molecular weight excluding hydrogens is 387 g/mol. The third-order valence-electron chi connectivity index (χ3n) is 4.58. The number of halogens is 2. The highest BCUT2D eigenvalue weighted by Crippen LogP contribution is 2.21. The van der Waals surface area contributed by atoms with Gasteiger partial charge in [-0.1, -0.05) is 23.2 Å². The molecule has 1 N–H and O–H groups in total. The van der Waals surface area contributed by atoms with Gasteiger partial charge in [-0.25, -0.2) is 0 Å². The second-order valence-electron chi connectivity index (χ2n) is 6.45. The van der Waals surface area contributed by atoms with Crippen LogP contribution < -0.4 is 5.32 Å². The van der Waals surface area contributed by atoms with E-state index in [9.17, 15) is 9.59 Å². The molecule has 5 nitrogen and oxygen atoms in total. The van der Waals surface area contributed by atoms with Crippen LogP contribution in [0.15, 0.2) is 47.1 Å². The molecule has 1 saturated heterocycles. The van der Waals surface area contributed by atoms with E-state index < -0.39 is 0 Å². The lowest BCUT2D eigenvalue weighted by Crippen LogP contribution is -2.41. The second-order valence-corrected chi connectivity index (χ2v) is 7.30. The van der Waals surface area contributed by atoms with Crippen LogP contribution in [0.1, 0.15) is 29.0 Å². The largest absolute Gasteiger partial charge is 0.465 e. The van der Waals surface area contributed by atoms with Crippen LogP contribution in [0.25, 0.3) is 6.08 Å². The third-order valence-corrected chi connectivity index (χ3v) is 5.15. The van der Waals surface area contributed by atoms with Crippen LogP contribution in [-0.2, 0) is 4.79 Å². The van der Waals surface area contributed by atoms with Gasteiger partial charge in [0.2, 0.25) is 5.91 Å². The van der Waals surface area contributed by atoms with E-state index in [1.165, 1.54) is 6.08 Å². The Morgan fingerprint density at radius 2 is 2.00 bits per heavy atom. The number of nitrogens with zero attached hydrogens (tertiary/aromatic N) is 1. The van der Waals surface area contributed by atoms with Crippen molar-refractivity contribution in [1.82, 2.24) is 10.2 Å². The zero-order valence-electron chi connectivity index (χ0n) is 14.7. The fraction of sp³-hybridized carbons (Fsp3) is 0.300. The summed E-state index contributed by atoms with van der Waals surface area (Å²) in [6.45, 7) is 1.88. The molecule has 0 bridgehead atoms. The Hall–Kier alpha value is -2.24. The van der Waals surface area contributed by atoms with Crippen molar-refractivity contribution in [3.63, 3.8) is 0 Å². The summed E-state index contributed by atoms with van der Waals surface area (Å²) in [5.41, 5.74) is 0.375. The fourth-order valence-electron chi connectivity index (χ4n) is 3.01. The van der Waals surface area contributed by atoms with E-state index in [0.29, 0.717) is 46.9 Å². The van der Waals surface area contributed by atoms with Crippen molar-refractivity contribution in [1.29, 1.82) is 0 Å². The molecule has 7 heteroatoms. The quantitative estimate of drug-likeness (QED) is 0.754. The van der Waals surface area contributed by atoms with Crippen LogP contribution in [0.4, 0.5) is 0 Å². The number of carbonyl (C=O) groups excluding carboxylic acids is 2. The summed E-state index contributed by atoms with van der Waals surface area (Å²) in [4.78, 5) is 26.3. The molecule has 0 radical (unpaired) electrons. The molecule has 2 heterocycles. The number of hydrogen-bond acceptors (Lipinski definition) is 3. The minimum Gasteiger partial charge on any atom is -0.465 e. The van der Waals surface area contributed by atoms with Crippen LogP contribution in [0.5, 0.6) is 0 Å². The number of nitrogens with one attached hydrogen (secondary N) is 1. The standard InChI is InChI=1S/C20H20Cl2N2O3/c21-15-3-5-18(22)17(12-15)20(26)23-13-14-7-9-24(10-8-14)19(25)6-4-16-2-1-11-27-16/h1-6,11-12,14H,7-10,13H2,(H,23,26)/b6-4+. The molecule has 0 aliphatic carbocycles. The number of carbonyl (C=O) groups is 2.